The average Bonchev–Trinajstić information content (AvgIpc) is 3.28. The maximum Gasteiger partial charge on any atom is 0.140 e. The lowest BCUT2D eigenvalue weighted by molar-refractivity contribution is -0.839. The van der Waals surface area contributed by atoms with Crippen LogP contribution in [0.3, 0.4) is 0 Å². The molecule has 1 saturated heterocycles. The molecule has 1 fully saturated rings. The lowest BCUT2D eigenvalue weighted by Gasteiger charge is -2.26. The van der Waals surface area contributed by atoms with Gasteiger partial charge < -0.3 is 21.6 Å². The minimum atomic E-state index is 0. The van der Waals surface area contributed by atoms with E-state index in [1.807, 2.05) is 30.3 Å². The van der Waals surface area contributed by atoms with Crippen molar-refractivity contribution in [2.45, 2.75) is 19.5 Å². The van der Waals surface area contributed by atoms with Gasteiger partial charge in [0.2, 0.25) is 0 Å². The largest absolute Gasteiger partial charge is 1.00 e. The highest BCUT2D eigenvalue weighted by molar-refractivity contribution is 5.21. The van der Waals surface area contributed by atoms with E-state index in [0.717, 1.165) is 23.4 Å². The normalized spacial score (nSPS) is 16.6. The first-order chi connectivity index (χ1) is 9.78. The molecular weight excluding hydrogens is 282 g/mol. The number of halogens is 1. The molecular formula is C18H22ClNO. The van der Waals surface area contributed by atoms with Gasteiger partial charge in [0.1, 0.15) is 38.0 Å². The van der Waals surface area contributed by atoms with E-state index in [4.69, 9.17) is 4.74 Å². The summed E-state index contributed by atoms with van der Waals surface area (Å²) in [5.41, 5.74) is 1.43. The summed E-state index contributed by atoms with van der Waals surface area (Å²) in [6.07, 6.45) is 0. The van der Waals surface area contributed by atoms with Crippen molar-refractivity contribution in [3.05, 3.63) is 66.2 Å². The van der Waals surface area contributed by atoms with Crippen molar-refractivity contribution in [2.75, 3.05) is 19.7 Å². The third-order valence-electron chi connectivity index (χ3n) is 4.31. The molecule has 1 atom stereocenters. The van der Waals surface area contributed by atoms with E-state index in [9.17, 15) is 0 Å². The van der Waals surface area contributed by atoms with Gasteiger partial charge in [-0.05, 0) is 19.1 Å². The van der Waals surface area contributed by atoms with Gasteiger partial charge in [0.05, 0.1) is 0 Å². The number of nitrogens with zero attached hydrogens (tertiary/aromatic N) is 1. The Labute approximate surface area is 133 Å². The number of ether oxygens (including phenoxy) is 1. The molecule has 0 amide bonds. The standard InChI is InChI=1S/C18H22NO.ClH/c1-16(15-20-18-10-6-3-7-11-18)19(12-13-19)14-17-8-4-2-5-9-17;/h2-11,16H,12-15H2,1H3;1H/q+1;/p-1. The summed E-state index contributed by atoms with van der Waals surface area (Å²) in [5, 5.41) is 0. The van der Waals surface area contributed by atoms with Crippen molar-refractivity contribution in [1.29, 1.82) is 0 Å². The molecule has 1 heterocycles. The molecule has 2 nitrogen and oxygen atoms in total. The van der Waals surface area contributed by atoms with Gasteiger partial charge in [-0.15, -0.1) is 0 Å². The lowest BCUT2D eigenvalue weighted by Crippen LogP contribution is -3.00. The summed E-state index contributed by atoms with van der Waals surface area (Å²) in [6.45, 7) is 6.76. The molecule has 0 aliphatic carbocycles. The second-order valence-electron chi connectivity index (χ2n) is 5.78. The Hall–Kier alpha value is -1.51. The zero-order valence-electron chi connectivity index (χ0n) is 12.4. The van der Waals surface area contributed by atoms with Crippen molar-refractivity contribution in [3.8, 4) is 5.75 Å². The molecule has 2 aromatic carbocycles. The number of rotatable bonds is 6. The zero-order valence-corrected chi connectivity index (χ0v) is 13.2. The first kappa shape index (κ1) is 15.9. The average molecular weight is 304 g/mol. The highest BCUT2D eigenvalue weighted by Gasteiger charge is 2.47. The molecule has 1 aliphatic heterocycles. The Morgan fingerprint density at radius 1 is 0.952 bits per heavy atom. The van der Waals surface area contributed by atoms with Crippen molar-refractivity contribution < 1.29 is 21.6 Å². The van der Waals surface area contributed by atoms with Crippen molar-refractivity contribution in [3.63, 3.8) is 0 Å². The van der Waals surface area contributed by atoms with Gasteiger partial charge in [-0.2, -0.15) is 0 Å². The molecule has 0 saturated carbocycles. The Morgan fingerprint density at radius 3 is 2.10 bits per heavy atom. The van der Waals surface area contributed by atoms with Crippen LogP contribution >= 0.6 is 0 Å². The molecule has 0 N–H and O–H groups in total. The molecule has 1 aliphatic rings. The third kappa shape index (κ3) is 3.99. The summed E-state index contributed by atoms with van der Waals surface area (Å²) in [6, 6.07) is 21.4. The first-order valence-corrected chi connectivity index (χ1v) is 7.36. The number of quaternary nitrogens is 1. The lowest BCUT2D eigenvalue weighted by atomic mass is 10.2. The first-order valence-electron chi connectivity index (χ1n) is 7.36. The predicted octanol–water partition coefficient (Wildman–Crippen LogP) is 0.488. The highest BCUT2D eigenvalue weighted by atomic mass is 35.5. The number of hydrogen-bond donors (Lipinski definition) is 0. The zero-order chi connectivity index (χ0) is 13.8. The highest BCUT2D eigenvalue weighted by Crippen LogP contribution is 2.30. The van der Waals surface area contributed by atoms with Crippen LogP contribution in [0.15, 0.2) is 60.7 Å². The summed E-state index contributed by atoms with van der Waals surface area (Å²) in [7, 11) is 0. The van der Waals surface area contributed by atoms with Crippen molar-refractivity contribution >= 4 is 0 Å². The van der Waals surface area contributed by atoms with Crippen LogP contribution in [0.5, 0.6) is 5.75 Å². The molecule has 2 aromatic rings. The van der Waals surface area contributed by atoms with Crippen LogP contribution in [0, 0.1) is 0 Å². The molecule has 0 radical (unpaired) electrons. The number of hydrogen-bond acceptors (Lipinski definition) is 1. The monoisotopic (exact) mass is 303 g/mol. The maximum absolute atomic E-state index is 5.92. The van der Waals surface area contributed by atoms with Gasteiger partial charge in [0.15, 0.2) is 0 Å². The minimum absolute atomic E-state index is 0. The minimum Gasteiger partial charge on any atom is -1.00 e. The summed E-state index contributed by atoms with van der Waals surface area (Å²) < 4.78 is 7.08. The second-order valence-corrected chi connectivity index (χ2v) is 5.78. The smallest absolute Gasteiger partial charge is 0.140 e. The van der Waals surface area contributed by atoms with E-state index >= 15 is 0 Å². The molecule has 21 heavy (non-hydrogen) atoms. The van der Waals surface area contributed by atoms with Gasteiger partial charge in [0.25, 0.3) is 0 Å². The van der Waals surface area contributed by atoms with Crippen molar-refractivity contribution in [2.24, 2.45) is 0 Å². The van der Waals surface area contributed by atoms with Crippen LogP contribution in [0.25, 0.3) is 0 Å². The second kappa shape index (κ2) is 6.97. The van der Waals surface area contributed by atoms with Crippen LogP contribution in [0.1, 0.15) is 12.5 Å². The predicted molar refractivity (Wildman–Crippen MR) is 81.5 cm³/mol. The fraction of sp³-hybridized carbons (Fsp3) is 0.333. The Balaban J connectivity index is 0.00000161. The molecule has 112 valence electrons. The molecule has 0 aromatic heterocycles. The van der Waals surface area contributed by atoms with E-state index in [1.54, 1.807) is 0 Å². The van der Waals surface area contributed by atoms with E-state index in [1.165, 1.54) is 18.7 Å². The Morgan fingerprint density at radius 2 is 1.52 bits per heavy atom. The SMILES string of the molecule is CC(COc1ccccc1)[N+]1(Cc2ccccc2)CC1.[Cl-]. The van der Waals surface area contributed by atoms with E-state index in [-0.39, 0.29) is 12.4 Å². The molecule has 0 spiro atoms. The van der Waals surface area contributed by atoms with Gasteiger partial charge in [-0.25, -0.2) is 0 Å². The molecule has 3 rings (SSSR count). The fourth-order valence-electron chi connectivity index (χ4n) is 2.72. The molecule has 3 heteroatoms. The van der Waals surface area contributed by atoms with Crippen LogP contribution in [0.2, 0.25) is 0 Å². The Kier molecular flexibility index (Phi) is 5.27. The van der Waals surface area contributed by atoms with Gasteiger partial charge in [0, 0.05) is 5.56 Å². The number of para-hydroxylation sites is 1. The van der Waals surface area contributed by atoms with E-state index in [0.29, 0.717) is 6.04 Å². The fourth-order valence-corrected chi connectivity index (χ4v) is 2.72. The number of benzene rings is 2. The van der Waals surface area contributed by atoms with Crippen LogP contribution in [-0.4, -0.2) is 30.2 Å². The van der Waals surface area contributed by atoms with Crippen LogP contribution < -0.4 is 17.1 Å². The summed E-state index contributed by atoms with van der Waals surface area (Å²) in [5.74, 6) is 0.971. The summed E-state index contributed by atoms with van der Waals surface area (Å²) in [4.78, 5) is 0. The van der Waals surface area contributed by atoms with Crippen LogP contribution in [-0.2, 0) is 6.54 Å². The van der Waals surface area contributed by atoms with Gasteiger partial charge in [-0.3, -0.25) is 0 Å². The third-order valence-corrected chi connectivity index (χ3v) is 4.31. The van der Waals surface area contributed by atoms with E-state index < -0.39 is 0 Å². The van der Waals surface area contributed by atoms with Gasteiger partial charge in [-0.1, -0.05) is 48.5 Å². The summed E-state index contributed by atoms with van der Waals surface area (Å²) >= 11 is 0. The topological polar surface area (TPSA) is 9.23 Å². The van der Waals surface area contributed by atoms with E-state index in [2.05, 4.69) is 37.3 Å². The van der Waals surface area contributed by atoms with Crippen LogP contribution in [0.4, 0.5) is 0 Å². The Bertz CT molecular complexity index is 540. The quantitative estimate of drug-likeness (QED) is 0.557. The molecule has 1 unspecified atom stereocenters. The van der Waals surface area contributed by atoms with Gasteiger partial charge >= 0.3 is 0 Å². The van der Waals surface area contributed by atoms with Crippen molar-refractivity contribution in [1.82, 2.24) is 0 Å². The molecule has 0 bridgehead atoms. The maximum atomic E-state index is 5.92.